The molecule has 2 N–H and O–H groups in total. The van der Waals surface area contributed by atoms with Gasteiger partial charge >= 0.3 is 0 Å². The second kappa shape index (κ2) is 7.67. The highest BCUT2D eigenvalue weighted by atomic mass is 16.3. The average molecular weight is 403 g/mol. The average Bonchev–Trinajstić information content (AvgIpc) is 3.36. The number of nitrogens with one attached hydrogen (secondary N) is 2. The Morgan fingerprint density at radius 1 is 0.933 bits per heavy atom. The number of carbonyl (C=O) groups excluding carboxylic acids is 4. The standard InChI is InChI=1S/C22H17N3O5/c1-23-20(27)16-6-2-3-7-18(16)24-19(26)13-8-9-15-17(11-13)22(29)25(21(15)28)12-14-5-4-10-30-14/h2-11H,12H2,1H3,(H,23,27)(H,24,26). The molecule has 0 bridgehead atoms. The summed E-state index contributed by atoms with van der Waals surface area (Å²) in [5.41, 5.74) is 1.23. The Bertz CT molecular complexity index is 1170. The molecule has 1 aromatic heterocycles. The molecule has 1 aliphatic heterocycles. The summed E-state index contributed by atoms with van der Waals surface area (Å²) >= 11 is 0. The first-order valence-electron chi connectivity index (χ1n) is 9.14. The normalized spacial score (nSPS) is 12.6. The third-order valence-electron chi connectivity index (χ3n) is 4.77. The maximum absolute atomic E-state index is 12.7. The zero-order valence-electron chi connectivity index (χ0n) is 16.0. The van der Waals surface area contributed by atoms with Gasteiger partial charge in [0.05, 0.1) is 35.2 Å². The predicted octanol–water partition coefficient (Wildman–Crippen LogP) is 2.69. The van der Waals surface area contributed by atoms with Crippen LogP contribution in [0.1, 0.15) is 47.2 Å². The van der Waals surface area contributed by atoms with Gasteiger partial charge in [-0.05, 0) is 42.5 Å². The van der Waals surface area contributed by atoms with Gasteiger partial charge in [0.2, 0.25) is 0 Å². The molecule has 8 nitrogen and oxygen atoms in total. The fourth-order valence-electron chi connectivity index (χ4n) is 3.25. The molecule has 8 heteroatoms. The Labute approximate surface area is 171 Å². The molecule has 150 valence electrons. The number of hydrogen-bond donors (Lipinski definition) is 2. The van der Waals surface area contributed by atoms with Gasteiger partial charge in [0.1, 0.15) is 5.76 Å². The van der Waals surface area contributed by atoms with Gasteiger partial charge in [-0.15, -0.1) is 0 Å². The van der Waals surface area contributed by atoms with Crippen LogP contribution in [-0.4, -0.2) is 35.6 Å². The van der Waals surface area contributed by atoms with E-state index < -0.39 is 17.7 Å². The smallest absolute Gasteiger partial charge is 0.261 e. The zero-order chi connectivity index (χ0) is 21.3. The van der Waals surface area contributed by atoms with E-state index in [1.54, 1.807) is 36.4 Å². The number of nitrogens with zero attached hydrogens (tertiary/aromatic N) is 1. The molecule has 3 aromatic rings. The number of carbonyl (C=O) groups is 4. The van der Waals surface area contributed by atoms with Gasteiger partial charge in [0, 0.05) is 12.6 Å². The van der Waals surface area contributed by atoms with E-state index in [-0.39, 0.29) is 29.1 Å². The van der Waals surface area contributed by atoms with Gasteiger partial charge in [-0.2, -0.15) is 0 Å². The quantitative estimate of drug-likeness (QED) is 0.637. The number of fused-ring (bicyclic) bond motifs is 1. The largest absolute Gasteiger partial charge is 0.467 e. The third kappa shape index (κ3) is 3.35. The number of rotatable bonds is 5. The van der Waals surface area contributed by atoms with Crippen LogP contribution in [-0.2, 0) is 6.54 Å². The lowest BCUT2D eigenvalue weighted by Gasteiger charge is -2.11. The van der Waals surface area contributed by atoms with Crippen molar-refractivity contribution in [3.63, 3.8) is 0 Å². The summed E-state index contributed by atoms with van der Waals surface area (Å²) in [6.45, 7) is 0.0143. The molecular weight excluding hydrogens is 386 g/mol. The Morgan fingerprint density at radius 2 is 1.70 bits per heavy atom. The lowest BCUT2D eigenvalue weighted by atomic mass is 10.0. The van der Waals surface area contributed by atoms with E-state index in [9.17, 15) is 19.2 Å². The maximum atomic E-state index is 12.7. The number of furan rings is 1. The third-order valence-corrected chi connectivity index (χ3v) is 4.77. The molecule has 0 fully saturated rings. The van der Waals surface area contributed by atoms with E-state index in [1.807, 2.05) is 0 Å². The van der Waals surface area contributed by atoms with Crippen LogP contribution in [0.4, 0.5) is 5.69 Å². The summed E-state index contributed by atoms with van der Waals surface area (Å²) < 4.78 is 5.22. The molecule has 4 rings (SSSR count). The molecule has 0 spiro atoms. The number of benzene rings is 2. The van der Waals surface area contributed by atoms with Crippen molar-refractivity contribution in [2.45, 2.75) is 6.54 Å². The van der Waals surface area contributed by atoms with Crippen molar-refractivity contribution in [2.75, 3.05) is 12.4 Å². The molecule has 0 atom stereocenters. The second-order valence-corrected chi connectivity index (χ2v) is 6.62. The predicted molar refractivity (Wildman–Crippen MR) is 107 cm³/mol. The summed E-state index contributed by atoms with van der Waals surface area (Å²) in [7, 11) is 1.50. The molecule has 0 saturated heterocycles. The van der Waals surface area contributed by atoms with Crippen LogP contribution in [0.25, 0.3) is 0 Å². The van der Waals surface area contributed by atoms with Crippen molar-refractivity contribution in [2.24, 2.45) is 0 Å². The van der Waals surface area contributed by atoms with Crippen LogP contribution in [0, 0.1) is 0 Å². The molecule has 2 aromatic carbocycles. The van der Waals surface area contributed by atoms with Gasteiger partial charge in [0.15, 0.2) is 0 Å². The number of para-hydroxylation sites is 1. The highest BCUT2D eigenvalue weighted by molar-refractivity contribution is 6.22. The van der Waals surface area contributed by atoms with Crippen molar-refractivity contribution < 1.29 is 23.6 Å². The van der Waals surface area contributed by atoms with E-state index in [1.165, 1.54) is 31.5 Å². The minimum Gasteiger partial charge on any atom is -0.467 e. The summed E-state index contributed by atoms with van der Waals surface area (Å²) in [5, 5.41) is 5.20. The van der Waals surface area contributed by atoms with E-state index in [2.05, 4.69) is 10.6 Å². The van der Waals surface area contributed by atoms with Crippen molar-refractivity contribution in [3.05, 3.63) is 88.9 Å². The van der Waals surface area contributed by atoms with Crippen LogP contribution < -0.4 is 10.6 Å². The Hall–Kier alpha value is -4.20. The van der Waals surface area contributed by atoms with Crippen molar-refractivity contribution in [1.29, 1.82) is 0 Å². The van der Waals surface area contributed by atoms with E-state index in [0.717, 1.165) is 4.90 Å². The minimum absolute atomic E-state index is 0.0143. The molecule has 0 radical (unpaired) electrons. The molecule has 0 unspecified atom stereocenters. The van der Waals surface area contributed by atoms with Crippen LogP contribution >= 0.6 is 0 Å². The first kappa shape index (κ1) is 19.1. The molecule has 2 heterocycles. The van der Waals surface area contributed by atoms with Crippen LogP contribution in [0.5, 0.6) is 0 Å². The van der Waals surface area contributed by atoms with Crippen molar-refractivity contribution >= 4 is 29.3 Å². The van der Waals surface area contributed by atoms with E-state index >= 15 is 0 Å². The van der Waals surface area contributed by atoms with Gasteiger partial charge in [-0.3, -0.25) is 24.1 Å². The SMILES string of the molecule is CNC(=O)c1ccccc1NC(=O)c1ccc2c(c1)C(=O)N(Cc1ccco1)C2=O. The van der Waals surface area contributed by atoms with E-state index in [0.29, 0.717) is 17.0 Å². The Morgan fingerprint density at radius 3 is 2.43 bits per heavy atom. The van der Waals surface area contributed by atoms with Crippen molar-refractivity contribution in [3.8, 4) is 0 Å². The fraction of sp³-hybridized carbons (Fsp3) is 0.0909. The lowest BCUT2D eigenvalue weighted by molar-refractivity contribution is 0.0631. The lowest BCUT2D eigenvalue weighted by Crippen LogP contribution is -2.28. The van der Waals surface area contributed by atoms with Crippen LogP contribution in [0.3, 0.4) is 0 Å². The first-order valence-corrected chi connectivity index (χ1v) is 9.14. The fourth-order valence-corrected chi connectivity index (χ4v) is 3.25. The molecule has 0 saturated carbocycles. The number of imide groups is 1. The zero-order valence-corrected chi connectivity index (χ0v) is 16.0. The summed E-state index contributed by atoms with van der Waals surface area (Å²) in [4.78, 5) is 51.1. The van der Waals surface area contributed by atoms with Gasteiger partial charge < -0.3 is 15.1 Å². The molecule has 30 heavy (non-hydrogen) atoms. The van der Waals surface area contributed by atoms with Gasteiger partial charge in [0.25, 0.3) is 23.6 Å². The second-order valence-electron chi connectivity index (χ2n) is 6.62. The van der Waals surface area contributed by atoms with Crippen LogP contribution in [0.15, 0.2) is 65.3 Å². The number of amides is 4. The van der Waals surface area contributed by atoms with Crippen molar-refractivity contribution in [1.82, 2.24) is 10.2 Å². The van der Waals surface area contributed by atoms with Crippen LogP contribution in [0.2, 0.25) is 0 Å². The summed E-state index contributed by atoms with van der Waals surface area (Å²) in [6, 6.07) is 14.2. The highest BCUT2D eigenvalue weighted by Crippen LogP contribution is 2.26. The Balaban J connectivity index is 1.58. The highest BCUT2D eigenvalue weighted by Gasteiger charge is 2.36. The summed E-state index contributed by atoms with van der Waals surface area (Å²) in [6.07, 6.45) is 1.46. The van der Waals surface area contributed by atoms with Gasteiger partial charge in [-0.1, -0.05) is 12.1 Å². The summed E-state index contributed by atoms with van der Waals surface area (Å²) in [5.74, 6) is -1.29. The number of hydrogen-bond acceptors (Lipinski definition) is 5. The minimum atomic E-state index is -0.501. The van der Waals surface area contributed by atoms with E-state index in [4.69, 9.17) is 4.42 Å². The maximum Gasteiger partial charge on any atom is 0.261 e. The monoisotopic (exact) mass is 403 g/mol. The number of anilines is 1. The molecule has 0 aliphatic carbocycles. The Kier molecular flexibility index (Phi) is 4.89. The molecule has 4 amide bonds. The topological polar surface area (TPSA) is 109 Å². The molecule has 1 aliphatic rings. The molecular formula is C22H17N3O5. The van der Waals surface area contributed by atoms with Gasteiger partial charge in [-0.25, -0.2) is 0 Å². The first-order chi connectivity index (χ1) is 14.5.